The van der Waals surface area contributed by atoms with Crippen molar-refractivity contribution in [3.05, 3.63) is 17.6 Å². The van der Waals surface area contributed by atoms with E-state index in [9.17, 15) is 0 Å². The van der Waals surface area contributed by atoms with Crippen LogP contribution < -0.4 is 10.6 Å². The van der Waals surface area contributed by atoms with Crippen molar-refractivity contribution in [1.29, 1.82) is 0 Å². The van der Waals surface area contributed by atoms with E-state index in [1.54, 1.807) is 0 Å². The molecule has 14 heavy (non-hydrogen) atoms. The molecule has 0 unspecified atom stereocenters. The van der Waals surface area contributed by atoms with Crippen LogP contribution in [-0.4, -0.2) is 22.6 Å². The van der Waals surface area contributed by atoms with Crippen molar-refractivity contribution < 1.29 is 0 Å². The Morgan fingerprint density at radius 1 is 1.50 bits per heavy atom. The highest BCUT2D eigenvalue weighted by atomic mass is 15.3. The fourth-order valence-electron chi connectivity index (χ4n) is 2.04. The quantitative estimate of drug-likeness (QED) is 0.736. The van der Waals surface area contributed by atoms with Gasteiger partial charge in [-0.05, 0) is 19.3 Å². The zero-order chi connectivity index (χ0) is 9.54. The number of nitrogens with two attached hydrogens (primary N) is 1. The Labute approximate surface area is 83.1 Å². The fraction of sp³-hybridized carbons (Fsp3) is 0.600. The molecule has 0 spiro atoms. The van der Waals surface area contributed by atoms with E-state index in [-0.39, 0.29) is 0 Å². The molecule has 0 radical (unpaired) electrons. The van der Waals surface area contributed by atoms with Crippen LogP contribution in [0.3, 0.4) is 0 Å². The summed E-state index contributed by atoms with van der Waals surface area (Å²) in [6.07, 6.45) is 5.67. The molecular weight excluding hydrogens is 176 g/mol. The summed E-state index contributed by atoms with van der Waals surface area (Å²) in [5.41, 5.74) is 6.82. The van der Waals surface area contributed by atoms with E-state index in [1.165, 1.54) is 18.4 Å². The zero-order valence-electron chi connectivity index (χ0n) is 8.11. The summed E-state index contributed by atoms with van der Waals surface area (Å²) in [7, 11) is 0. The topological polar surface area (TPSA) is 55.0 Å². The molecule has 74 valence electrons. The first-order valence-corrected chi connectivity index (χ1v) is 5.20. The molecule has 1 saturated carbocycles. The number of fused-ring (bicyclic) bond motifs is 1. The van der Waals surface area contributed by atoms with Gasteiger partial charge in [0, 0.05) is 24.3 Å². The van der Waals surface area contributed by atoms with Crippen molar-refractivity contribution in [3.63, 3.8) is 0 Å². The standard InChI is InChI=1S/C10H14N4/c11-5-9-12-6-7-3-4-14(8-1-2-8)10(7)13-9/h6,8H,1-5,11H2. The third-order valence-electron chi connectivity index (χ3n) is 2.96. The van der Waals surface area contributed by atoms with Gasteiger partial charge in [-0.15, -0.1) is 0 Å². The van der Waals surface area contributed by atoms with Gasteiger partial charge in [0.1, 0.15) is 11.6 Å². The molecule has 3 rings (SSSR count). The predicted molar refractivity (Wildman–Crippen MR) is 54.0 cm³/mol. The maximum Gasteiger partial charge on any atom is 0.144 e. The summed E-state index contributed by atoms with van der Waals surface area (Å²) in [5.74, 6) is 1.90. The van der Waals surface area contributed by atoms with Gasteiger partial charge in [0.05, 0.1) is 6.54 Å². The normalized spacial score (nSPS) is 19.9. The van der Waals surface area contributed by atoms with E-state index < -0.39 is 0 Å². The second kappa shape index (κ2) is 2.92. The number of hydrogen-bond donors (Lipinski definition) is 1. The Balaban J connectivity index is 1.98. The first-order valence-electron chi connectivity index (χ1n) is 5.20. The van der Waals surface area contributed by atoms with Crippen LogP contribution in [0.5, 0.6) is 0 Å². The fourth-order valence-corrected chi connectivity index (χ4v) is 2.04. The molecule has 0 saturated heterocycles. The van der Waals surface area contributed by atoms with Crippen LogP contribution >= 0.6 is 0 Å². The minimum Gasteiger partial charge on any atom is -0.353 e. The Hall–Kier alpha value is -1.16. The molecule has 0 bridgehead atoms. The molecule has 1 aromatic heterocycles. The van der Waals surface area contributed by atoms with Crippen molar-refractivity contribution in [3.8, 4) is 0 Å². The summed E-state index contributed by atoms with van der Waals surface area (Å²) in [4.78, 5) is 11.1. The SMILES string of the molecule is NCc1ncc2c(n1)N(C1CC1)CC2. The average molecular weight is 190 g/mol. The monoisotopic (exact) mass is 190 g/mol. The number of anilines is 1. The second-order valence-corrected chi connectivity index (χ2v) is 4.01. The van der Waals surface area contributed by atoms with Crippen molar-refractivity contribution in [2.24, 2.45) is 5.73 Å². The van der Waals surface area contributed by atoms with Crippen molar-refractivity contribution in [1.82, 2.24) is 9.97 Å². The van der Waals surface area contributed by atoms with Gasteiger partial charge in [-0.25, -0.2) is 9.97 Å². The number of hydrogen-bond acceptors (Lipinski definition) is 4. The highest BCUT2D eigenvalue weighted by Crippen LogP contribution is 2.35. The Bertz CT molecular complexity index is 359. The van der Waals surface area contributed by atoms with Gasteiger partial charge in [0.2, 0.25) is 0 Å². The van der Waals surface area contributed by atoms with Crippen molar-refractivity contribution in [2.45, 2.75) is 31.8 Å². The average Bonchev–Trinajstić information content (AvgIpc) is 2.98. The smallest absolute Gasteiger partial charge is 0.144 e. The van der Waals surface area contributed by atoms with Crippen LogP contribution in [0.4, 0.5) is 5.82 Å². The molecule has 2 aliphatic rings. The van der Waals surface area contributed by atoms with Crippen molar-refractivity contribution in [2.75, 3.05) is 11.4 Å². The van der Waals surface area contributed by atoms with Crippen LogP contribution in [0.1, 0.15) is 24.2 Å². The molecular formula is C10H14N4. The Morgan fingerprint density at radius 2 is 2.36 bits per heavy atom. The van der Waals surface area contributed by atoms with Gasteiger partial charge in [-0.3, -0.25) is 0 Å². The first-order chi connectivity index (χ1) is 6.88. The second-order valence-electron chi connectivity index (χ2n) is 4.01. The Kier molecular flexibility index (Phi) is 1.70. The largest absolute Gasteiger partial charge is 0.353 e. The molecule has 1 aliphatic carbocycles. The lowest BCUT2D eigenvalue weighted by Gasteiger charge is -2.17. The molecule has 4 nitrogen and oxygen atoms in total. The van der Waals surface area contributed by atoms with E-state index in [4.69, 9.17) is 5.73 Å². The molecule has 0 atom stereocenters. The highest BCUT2D eigenvalue weighted by molar-refractivity contribution is 5.53. The van der Waals surface area contributed by atoms with Crippen LogP contribution in [0.25, 0.3) is 0 Å². The zero-order valence-corrected chi connectivity index (χ0v) is 8.11. The lowest BCUT2D eigenvalue weighted by Crippen LogP contribution is -2.24. The molecule has 1 aromatic rings. The van der Waals surface area contributed by atoms with Gasteiger partial charge in [-0.2, -0.15) is 0 Å². The molecule has 4 heteroatoms. The van der Waals surface area contributed by atoms with Gasteiger partial charge in [0.25, 0.3) is 0 Å². The number of rotatable bonds is 2. The van der Waals surface area contributed by atoms with Crippen LogP contribution in [-0.2, 0) is 13.0 Å². The van der Waals surface area contributed by atoms with Crippen molar-refractivity contribution >= 4 is 5.82 Å². The van der Waals surface area contributed by atoms with E-state index in [0.717, 1.165) is 30.6 Å². The highest BCUT2D eigenvalue weighted by Gasteiger charge is 2.34. The maximum atomic E-state index is 5.54. The van der Waals surface area contributed by atoms with E-state index in [2.05, 4.69) is 14.9 Å². The number of aromatic nitrogens is 2. The molecule has 2 N–H and O–H groups in total. The van der Waals surface area contributed by atoms with Gasteiger partial charge in [-0.1, -0.05) is 0 Å². The molecule has 0 aromatic carbocycles. The minimum absolute atomic E-state index is 0.436. The minimum atomic E-state index is 0.436. The first kappa shape index (κ1) is 8.17. The summed E-state index contributed by atoms with van der Waals surface area (Å²) < 4.78 is 0. The Morgan fingerprint density at radius 3 is 3.07 bits per heavy atom. The van der Waals surface area contributed by atoms with Gasteiger partial charge >= 0.3 is 0 Å². The lowest BCUT2D eigenvalue weighted by atomic mass is 10.3. The van der Waals surface area contributed by atoms with E-state index in [1.807, 2.05) is 6.20 Å². The molecule has 0 amide bonds. The third kappa shape index (κ3) is 1.18. The van der Waals surface area contributed by atoms with Crippen LogP contribution in [0.2, 0.25) is 0 Å². The van der Waals surface area contributed by atoms with Crippen LogP contribution in [0.15, 0.2) is 6.20 Å². The van der Waals surface area contributed by atoms with E-state index in [0.29, 0.717) is 6.54 Å². The van der Waals surface area contributed by atoms with E-state index >= 15 is 0 Å². The number of nitrogens with zero attached hydrogens (tertiary/aromatic N) is 3. The van der Waals surface area contributed by atoms with Crippen LogP contribution in [0, 0.1) is 0 Å². The maximum absolute atomic E-state index is 5.54. The summed E-state index contributed by atoms with van der Waals surface area (Å²) in [6, 6.07) is 0.747. The van der Waals surface area contributed by atoms with Gasteiger partial charge in [0.15, 0.2) is 0 Å². The molecule has 1 aliphatic heterocycles. The summed E-state index contributed by atoms with van der Waals surface area (Å²) in [6.45, 7) is 1.55. The predicted octanol–water partition coefficient (Wildman–Crippen LogP) is 0.460. The summed E-state index contributed by atoms with van der Waals surface area (Å²) >= 11 is 0. The third-order valence-corrected chi connectivity index (χ3v) is 2.96. The molecule has 2 heterocycles. The lowest BCUT2D eigenvalue weighted by molar-refractivity contribution is 0.811. The summed E-state index contributed by atoms with van der Waals surface area (Å²) in [5, 5.41) is 0. The van der Waals surface area contributed by atoms with Gasteiger partial charge < -0.3 is 10.6 Å². The molecule has 1 fully saturated rings.